The molecule has 0 aliphatic rings. The average Bonchev–Trinajstić information content (AvgIpc) is 3.45. The van der Waals surface area contributed by atoms with Crippen LogP contribution in [0.3, 0.4) is 0 Å². The maximum absolute atomic E-state index is 12.9. The molecule has 0 aromatic rings. The molecule has 0 bridgehead atoms. The van der Waals surface area contributed by atoms with Crippen LogP contribution in [-0.2, 0) is 28.6 Å². The highest BCUT2D eigenvalue weighted by Crippen LogP contribution is 2.17. The topological polar surface area (TPSA) is 78.9 Å². The number of hydrogen-bond acceptors (Lipinski definition) is 6. The molecule has 456 valence electrons. The van der Waals surface area contributed by atoms with Crippen LogP contribution in [0, 0.1) is 0 Å². The lowest BCUT2D eigenvalue weighted by Crippen LogP contribution is -2.30. The summed E-state index contributed by atoms with van der Waals surface area (Å²) in [7, 11) is 0. The van der Waals surface area contributed by atoms with Crippen LogP contribution < -0.4 is 0 Å². The van der Waals surface area contributed by atoms with E-state index in [9.17, 15) is 14.4 Å². The Labute approximate surface area is 490 Å². The minimum Gasteiger partial charge on any atom is -0.462 e. The molecule has 0 amide bonds. The SMILES string of the molecule is CC/C=C\C/C=C\C/C=C\C/C=C\C/C=C\CCCCCCCCCCCCCCCCCC(=O)OCC(COC(=O)CCCCCCCCCCCCCC)OC(=O)CCCCCCCCC/C=C\C/C=C\CCCCCC. The summed E-state index contributed by atoms with van der Waals surface area (Å²) in [6.07, 6.45) is 88.9. The molecular formula is C73H128O6. The lowest BCUT2D eigenvalue weighted by Gasteiger charge is -2.18. The summed E-state index contributed by atoms with van der Waals surface area (Å²) in [6, 6.07) is 0. The summed E-state index contributed by atoms with van der Waals surface area (Å²) in [5.74, 6) is -0.866. The van der Waals surface area contributed by atoms with E-state index in [0.717, 1.165) is 103 Å². The van der Waals surface area contributed by atoms with Crippen molar-refractivity contribution in [2.24, 2.45) is 0 Å². The Kier molecular flexibility index (Phi) is 64.2. The first-order chi connectivity index (χ1) is 39.0. The van der Waals surface area contributed by atoms with E-state index in [1.807, 2.05) is 0 Å². The molecule has 0 heterocycles. The molecule has 1 unspecified atom stereocenters. The fourth-order valence-corrected chi connectivity index (χ4v) is 9.80. The molecule has 0 aliphatic carbocycles. The van der Waals surface area contributed by atoms with Crippen molar-refractivity contribution in [2.45, 2.75) is 348 Å². The predicted molar refractivity (Wildman–Crippen MR) is 344 cm³/mol. The lowest BCUT2D eigenvalue weighted by atomic mass is 10.0. The molecule has 6 nitrogen and oxygen atoms in total. The first-order valence-corrected chi connectivity index (χ1v) is 34.1. The van der Waals surface area contributed by atoms with Crippen molar-refractivity contribution in [3.05, 3.63) is 85.1 Å². The van der Waals surface area contributed by atoms with Gasteiger partial charge in [0.05, 0.1) is 0 Å². The monoisotopic (exact) mass is 1100 g/mol. The Morgan fingerprint density at radius 2 is 0.494 bits per heavy atom. The van der Waals surface area contributed by atoms with Crippen molar-refractivity contribution in [3.8, 4) is 0 Å². The van der Waals surface area contributed by atoms with Crippen molar-refractivity contribution in [1.82, 2.24) is 0 Å². The third kappa shape index (κ3) is 65.3. The summed E-state index contributed by atoms with van der Waals surface area (Å²) in [5, 5.41) is 0. The zero-order valence-corrected chi connectivity index (χ0v) is 52.4. The Bertz CT molecular complexity index is 1500. The van der Waals surface area contributed by atoms with Crippen LogP contribution in [0.15, 0.2) is 85.1 Å². The van der Waals surface area contributed by atoms with Crippen LogP contribution in [-0.4, -0.2) is 37.2 Å². The molecule has 6 heteroatoms. The van der Waals surface area contributed by atoms with E-state index < -0.39 is 6.10 Å². The van der Waals surface area contributed by atoms with Crippen molar-refractivity contribution < 1.29 is 28.6 Å². The van der Waals surface area contributed by atoms with E-state index in [1.54, 1.807) is 0 Å². The largest absolute Gasteiger partial charge is 0.462 e. The minimum atomic E-state index is -0.779. The smallest absolute Gasteiger partial charge is 0.306 e. The summed E-state index contributed by atoms with van der Waals surface area (Å²) >= 11 is 0. The van der Waals surface area contributed by atoms with Gasteiger partial charge in [-0.15, -0.1) is 0 Å². The quantitative estimate of drug-likeness (QED) is 0.0261. The minimum absolute atomic E-state index is 0.0748. The maximum Gasteiger partial charge on any atom is 0.306 e. The van der Waals surface area contributed by atoms with Gasteiger partial charge in [-0.1, -0.05) is 311 Å². The second-order valence-electron chi connectivity index (χ2n) is 22.7. The van der Waals surface area contributed by atoms with Gasteiger partial charge in [-0.2, -0.15) is 0 Å². The summed E-state index contributed by atoms with van der Waals surface area (Å²) in [6.45, 7) is 6.54. The number of hydrogen-bond donors (Lipinski definition) is 0. The van der Waals surface area contributed by atoms with Gasteiger partial charge in [0.15, 0.2) is 6.10 Å². The highest BCUT2D eigenvalue weighted by Gasteiger charge is 2.19. The van der Waals surface area contributed by atoms with Crippen LogP contribution in [0.25, 0.3) is 0 Å². The van der Waals surface area contributed by atoms with Crippen molar-refractivity contribution in [2.75, 3.05) is 13.2 Å². The van der Waals surface area contributed by atoms with Gasteiger partial charge in [0, 0.05) is 19.3 Å². The lowest BCUT2D eigenvalue weighted by molar-refractivity contribution is -0.167. The summed E-state index contributed by atoms with van der Waals surface area (Å²) in [4.78, 5) is 38.3. The Morgan fingerprint density at radius 3 is 0.785 bits per heavy atom. The van der Waals surface area contributed by atoms with Crippen LogP contribution in [0.2, 0.25) is 0 Å². The highest BCUT2D eigenvalue weighted by molar-refractivity contribution is 5.71. The van der Waals surface area contributed by atoms with Gasteiger partial charge < -0.3 is 14.2 Å². The summed E-state index contributed by atoms with van der Waals surface area (Å²) in [5.41, 5.74) is 0. The first-order valence-electron chi connectivity index (χ1n) is 34.1. The molecule has 0 aromatic heterocycles. The molecule has 0 radical (unpaired) electrons. The standard InChI is InChI=1S/C73H128O6/c1-4-7-10-13-16-19-22-25-27-29-31-32-33-34-35-36-37-38-39-40-41-42-43-45-46-48-51-54-57-60-63-66-72(75)78-69-70(68-77-71(74)65-62-59-56-53-50-24-21-18-15-12-9-6-3)79-73(76)67-64-61-58-55-52-49-47-44-30-28-26-23-20-17-14-11-8-5-2/h7,10,16,19-20,23,25,27-28,30-32,34-35,70H,4-6,8-9,11-15,17-18,21-22,24,26,29,33,36-69H2,1-3H3/b10-7-,19-16-,23-20-,27-25-,30-28-,32-31-,35-34-. The Hall–Kier alpha value is -3.41. The van der Waals surface area contributed by atoms with Crippen molar-refractivity contribution >= 4 is 17.9 Å². The molecule has 0 aliphatic heterocycles. The molecule has 0 spiro atoms. The number of ether oxygens (including phenoxy) is 3. The number of rotatable bonds is 62. The van der Waals surface area contributed by atoms with Crippen molar-refractivity contribution in [3.63, 3.8) is 0 Å². The van der Waals surface area contributed by atoms with Gasteiger partial charge in [-0.25, -0.2) is 0 Å². The zero-order chi connectivity index (χ0) is 57.1. The van der Waals surface area contributed by atoms with E-state index in [4.69, 9.17) is 14.2 Å². The normalized spacial score (nSPS) is 12.6. The Balaban J connectivity index is 4.20. The second kappa shape index (κ2) is 67.1. The number of carbonyl (C=O) groups excluding carboxylic acids is 3. The predicted octanol–water partition coefficient (Wildman–Crippen LogP) is 23.4. The van der Waals surface area contributed by atoms with Crippen LogP contribution in [0.5, 0.6) is 0 Å². The molecular weight excluding hydrogens is 973 g/mol. The van der Waals surface area contributed by atoms with Crippen LogP contribution in [0.1, 0.15) is 342 Å². The number of esters is 3. The molecule has 0 N–H and O–H groups in total. The van der Waals surface area contributed by atoms with E-state index >= 15 is 0 Å². The molecule has 0 fully saturated rings. The number of unbranched alkanes of at least 4 members (excludes halogenated alkanes) is 37. The molecule has 0 saturated carbocycles. The summed E-state index contributed by atoms with van der Waals surface area (Å²) < 4.78 is 16.9. The fourth-order valence-electron chi connectivity index (χ4n) is 9.80. The maximum atomic E-state index is 12.9. The third-order valence-corrected chi connectivity index (χ3v) is 14.9. The average molecular weight is 1100 g/mol. The van der Waals surface area contributed by atoms with Gasteiger partial charge in [0.2, 0.25) is 0 Å². The van der Waals surface area contributed by atoms with Crippen molar-refractivity contribution in [1.29, 1.82) is 0 Å². The number of allylic oxidation sites excluding steroid dienone is 14. The first kappa shape index (κ1) is 75.6. The second-order valence-corrected chi connectivity index (χ2v) is 22.7. The molecule has 0 rings (SSSR count). The van der Waals surface area contributed by atoms with Gasteiger partial charge in [-0.3, -0.25) is 14.4 Å². The van der Waals surface area contributed by atoms with Gasteiger partial charge in [-0.05, 0) is 96.3 Å². The number of carbonyl (C=O) groups is 3. The van der Waals surface area contributed by atoms with E-state index in [0.29, 0.717) is 19.3 Å². The van der Waals surface area contributed by atoms with E-state index in [2.05, 4.69) is 106 Å². The molecule has 79 heavy (non-hydrogen) atoms. The molecule has 0 saturated heterocycles. The fraction of sp³-hybridized carbons (Fsp3) is 0.767. The Morgan fingerprint density at radius 1 is 0.266 bits per heavy atom. The van der Waals surface area contributed by atoms with Gasteiger partial charge in [0.1, 0.15) is 13.2 Å². The van der Waals surface area contributed by atoms with Gasteiger partial charge >= 0.3 is 17.9 Å². The zero-order valence-electron chi connectivity index (χ0n) is 52.4. The molecule has 1 atom stereocenters. The van der Waals surface area contributed by atoms with E-state index in [1.165, 1.54) is 199 Å². The van der Waals surface area contributed by atoms with Crippen LogP contribution in [0.4, 0.5) is 0 Å². The highest BCUT2D eigenvalue weighted by atomic mass is 16.6. The van der Waals surface area contributed by atoms with E-state index in [-0.39, 0.29) is 31.1 Å². The van der Waals surface area contributed by atoms with Gasteiger partial charge in [0.25, 0.3) is 0 Å². The molecule has 0 aromatic carbocycles. The van der Waals surface area contributed by atoms with Crippen LogP contribution >= 0.6 is 0 Å². The third-order valence-electron chi connectivity index (χ3n) is 14.9.